The minimum Gasteiger partial charge on any atom is -0.350 e. The van der Waals surface area contributed by atoms with Crippen LogP contribution in [0.1, 0.15) is 16.7 Å². The molecule has 12 heteroatoms. The molecule has 1 N–H and O–H groups in total. The van der Waals surface area contributed by atoms with E-state index in [4.69, 9.17) is 69.6 Å². The van der Waals surface area contributed by atoms with Crippen molar-refractivity contribution >= 4 is 99.9 Å². The Labute approximate surface area is 237 Å². The maximum absolute atomic E-state index is 6.28. The summed E-state index contributed by atoms with van der Waals surface area (Å²) in [6.07, 6.45) is 2.93. The predicted molar refractivity (Wildman–Crippen MR) is 151 cm³/mol. The second-order valence-electron chi connectivity index (χ2n) is 7.10. The molecular weight excluding hydrogens is 585 g/mol. The molecule has 0 atom stereocenters. The van der Waals surface area contributed by atoms with Crippen molar-refractivity contribution in [1.82, 2.24) is 15.0 Å². The van der Waals surface area contributed by atoms with E-state index in [0.29, 0.717) is 46.8 Å². The van der Waals surface area contributed by atoms with Gasteiger partial charge in [-0.1, -0.05) is 87.8 Å². The van der Waals surface area contributed by atoms with Gasteiger partial charge in [0.05, 0.1) is 20.1 Å². The van der Waals surface area contributed by atoms with E-state index in [0.717, 1.165) is 0 Å². The summed E-state index contributed by atoms with van der Waals surface area (Å²) in [6.45, 7) is 0.251. The number of rotatable bonds is 7. The third-order valence-corrected chi connectivity index (χ3v) is 6.74. The second kappa shape index (κ2) is 12.2. The van der Waals surface area contributed by atoms with E-state index in [1.54, 1.807) is 54.6 Å². The van der Waals surface area contributed by atoms with E-state index >= 15 is 0 Å². The summed E-state index contributed by atoms with van der Waals surface area (Å²) in [6, 6.07) is 15.5. The first-order valence-electron chi connectivity index (χ1n) is 10.2. The molecule has 3 aromatic carbocycles. The van der Waals surface area contributed by atoms with E-state index < -0.39 is 0 Å². The van der Waals surface area contributed by atoms with E-state index in [9.17, 15) is 0 Å². The van der Waals surface area contributed by atoms with Crippen LogP contribution in [0.5, 0.6) is 0 Å². The zero-order valence-corrected chi connectivity index (χ0v) is 22.6. The molecule has 0 unspecified atom stereocenters. The van der Waals surface area contributed by atoms with Gasteiger partial charge in [0.25, 0.3) is 11.9 Å². The molecule has 6 nitrogen and oxygen atoms in total. The molecule has 0 saturated carbocycles. The third kappa shape index (κ3) is 6.65. The molecule has 1 aromatic heterocycles. The Hall–Kier alpha value is -2.45. The molecule has 0 aliphatic heterocycles. The summed E-state index contributed by atoms with van der Waals surface area (Å²) in [7, 11) is 0. The van der Waals surface area contributed by atoms with Crippen LogP contribution in [0.4, 0.5) is 17.8 Å². The minimum atomic E-state index is 0.0612. The number of hydrogen-bond donors (Lipinski definition) is 1. The van der Waals surface area contributed by atoms with Gasteiger partial charge in [-0.15, -0.1) is 0 Å². The van der Waals surface area contributed by atoms with Gasteiger partial charge in [-0.2, -0.15) is 15.0 Å². The normalized spacial score (nSPS) is 11.5. The highest BCUT2D eigenvalue weighted by atomic mass is 35.5. The first kappa shape index (κ1) is 26.6. The number of aliphatic imine (C=N–C) groups is 2. The molecule has 0 fully saturated rings. The summed E-state index contributed by atoms with van der Waals surface area (Å²) in [4.78, 5) is 21.6. The van der Waals surface area contributed by atoms with Crippen LogP contribution in [-0.4, -0.2) is 27.4 Å². The second-order valence-corrected chi connectivity index (χ2v) is 9.54. The van der Waals surface area contributed by atoms with Crippen LogP contribution >= 0.6 is 69.6 Å². The fourth-order valence-corrected chi connectivity index (χ4v) is 4.45. The fraction of sp³-hybridized carbons (Fsp3) is 0.0417. The van der Waals surface area contributed by atoms with E-state index in [-0.39, 0.29) is 24.4 Å². The molecule has 0 amide bonds. The number of aromatic nitrogens is 3. The lowest BCUT2D eigenvalue weighted by atomic mass is 10.2. The number of benzene rings is 3. The van der Waals surface area contributed by atoms with Gasteiger partial charge in [-0.05, 0) is 36.4 Å². The first-order chi connectivity index (χ1) is 17.3. The first-order valence-corrected chi connectivity index (χ1v) is 12.5. The van der Waals surface area contributed by atoms with Gasteiger partial charge in [0.2, 0.25) is 5.95 Å². The van der Waals surface area contributed by atoms with Crippen LogP contribution in [0.2, 0.25) is 30.1 Å². The number of hydrogen-bond acceptors (Lipinski definition) is 6. The Morgan fingerprint density at radius 2 is 0.972 bits per heavy atom. The molecule has 0 aliphatic rings. The lowest BCUT2D eigenvalue weighted by molar-refractivity contribution is 0.993. The van der Waals surface area contributed by atoms with Crippen molar-refractivity contribution in [3.8, 4) is 0 Å². The highest BCUT2D eigenvalue weighted by Gasteiger charge is 2.10. The lowest BCUT2D eigenvalue weighted by Gasteiger charge is -2.09. The Morgan fingerprint density at radius 3 is 1.39 bits per heavy atom. The number of nitrogens with zero attached hydrogens (tertiary/aromatic N) is 5. The molecule has 4 aromatic rings. The summed E-state index contributed by atoms with van der Waals surface area (Å²) < 4.78 is 0. The Kier molecular flexibility index (Phi) is 9.01. The average molecular weight is 599 g/mol. The summed E-state index contributed by atoms with van der Waals surface area (Å²) in [5, 5.41) is 5.80. The average Bonchev–Trinajstić information content (AvgIpc) is 2.83. The van der Waals surface area contributed by atoms with Gasteiger partial charge in [0.15, 0.2) is 0 Å². The third-order valence-electron chi connectivity index (χ3n) is 4.71. The molecule has 4 rings (SSSR count). The fourth-order valence-electron chi connectivity index (χ4n) is 2.93. The quantitative estimate of drug-likeness (QED) is 0.216. The zero-order chi connectivity index (χ0) is 25.7. The molecule has 0 bridgehead atoms. The predicted octanol–water partition coefficient (Wildman–Crippen LogP) is 8.91. The van der Waals surface area contributed by atoms with Gasteiger partial charge >= 0.3 is 0 Å². The molecule has 0 aliphatic carbocycles. The lowest BCUT2D eigenvalue weighted by Crippen LogP contribution is -2.05. The highest BCUT2D eigenvalue weighted by molar-refractivity contribution is 6.39. The Balaban J connectivity index is 1.69. The van der Waals surface area contributed by atoms with Crippen molar-refractivity contribution in [3.63, 3.8) is 0 Å². The molecule has 0 radical (unpaired) electrons. The maximum atomic E-state index is 6.28. The molecule has 1 heterocycles. The van der Waals surface area contributed by atoms with E-state index in [2.05, 4.69) is 30.3 Å². The summed E-state index contributed by atoms with van der Waals surface area (Å²) >= 11 is 37.5. The van der Waals surface area contributed by atoms with Crippen LogP contribution in [0, 0.1) is 0 Å². The van der Waals surface area contributed by atoms with Gasteiger partial charge in [-0.25, -0.2) is 9.98 Å². The Bertz CT molecular complexity index is 1330. The maximum Gasteiger partial charge on any atom is 0.256 e. The van der Waals surface area contributed by atoms with Crippen LogP contribution in [0.25, 0.3) is 0 Å². The standard InChI is InChI=1S/C24H14Cl6N6/c25-16-4-1-5-17(26)13(16)10-31-22-34-23(32-11-14-18(27)6-2-7-19(14)28)36-24(35-22)33-12-15-20(29)8-3-9-21(15)30/h1-11H,12H2,(H,33,34,35,36). The van der Waals surface area contributed by atoms with Crippen molar-refractivity contribution < 1.29 is 0 Å². The van der Waals surface area contributed by atoms with Crippen molar-refractivity contribution in [2.45, 2.75) is 6.54 Å². The highest BCUT2D eigenvalue weighted by Crippen LogP contribution is 2.27. The molecule has 36 heavy (non-hydrogen) atoms. The smallest absolute Gasteiger partial charge is 0.256 e. The number of anilines is 1. The van der Waals surface area contributed by atoms with Gasteiger partial charge < -0.3 is 5.32 Å². The van der Waals surface area contributed by atoms with Crippen LogP contribution in [-0.2, 0) is 6.54 Å². The summed E-state index contributed by atoms with van der Waals surface area (Å²) in [5.74, 6) is 0.313. The van der Waals surface area contributed by atoms with Crippen LogP contribution in [0.15, 0.2) is 64.6 Å². The molecular formula is C24H14Cl6N6. The topological polar surface area (TPSA) is 75.4 Å². The van der Waals surface area contributed by atoms with E-state index in [1.165, 1.54) is 12.4 Å². The molecule has 182 valence electrons. The molecule has 0 spiro atoms. The number of halogens is 6. The molecule has 0 saturated heterocycles. The largest absolute Gasteiger partial charge is 0.350 e. The SMILES string of the molecule is Clc1cccc(Cl)c1C=Nc1nc(N=Cc2c(Cl)cccc2Cl)nc(NCc2c(Cl)cccc2Cl)n1. The van der Waals surface area contributed by atoms with Crippen LogP contribution in [0.3, 0.4) is 0 Å². The zero-order valence-electron chi connectivity index (χ0n) is 18.1. The Morgan fingerprint density at radius 1 is 0.583 bits per heavy atom. The van der Waals surface area contributed by atoms with Gasteiger partial charge in [0.1, 0.15) is 0 Å². The van der Waals surface area contributed by atoms with Crippen LogP contribution < -0.4 is 5.32 Å². The monoisotopic (exact) mass is 596 g/mol. The van der Waals surface area contributed by atoms with Gasteiger partial charge in [0, 0.05) is 45.7 Å². The van der Waals surface area contributed by atoms with Gasteiger partial charge in [-0.3, -0.25) is 0 Å². The van der Waals surface area contributed by atoms with Crippen molar-refractivity contribution in [3.05, 3.63) is 101 Å². The van der Waals surface area contributed by atoms with Crippen molar-refractivity contribution in [2.24, 2.45) is 9.98 Å². The minimum absolute atomic E-state index is 0.0612. The number of nitrogens with one attached hydrogen (secondary N) is 1. The van der Waals surface area contributed by atoms with Crippen molar-refractivity contribution in [2.75, 3.05) is 5.32 Å². The summed E-state index contributed by atoms with van der Waals surface area (Å²) in [5.41, 5.74) is 1.72. The van der Waals surface area contributed by atoms with E-state index in [1.807, 2.05) is 0 Å². The van der Waals surface area contributed by atoms with Crippen molar-refractivity contribution in [1.29, 1.82) is 0 Å².